The molecule has 0 unspecified atom stereocenters. The number of hydrogen-bond donors (Lipinski definition) is 1. The summed E-state index contributed by atoms with van der Waals surface area (Å²) in [6.07, 6.45) is 3.08. The Morgan fingerprint density at radius 2 is 2.07 bits per heavy atom. The van der Waals surface area contributed by atoms with Gasteiger partial charge in [-0.25, -0.2) is 4.98 Å². The monoisotopic (exact) mass is 399 g/mol. The van der Waals surface area contributed by atoms with Crippen molar-refractivity contribution in [3.05, 3.63) is 40.7 Å². The van der Waals surface area contributed by atoms with Crippen LogP contribution in [0.3, 0.4) is 0 Å². The molecule has 7 heteroatoms. The number of nitrogens with zero attached hydrogens (tertiary/aromatic N) is 2. The number of likely N-dealkylation sites (tertiary alicyclic amines) is 1. The van der Waals surface area contributed by atoms with Crippen molar-refractivity contribution >= 4 is 23.2 Å². The Balaban J connectivity index is 1.30. The van der Waals surface area contributed by atoms with Gasteiger partial charge in [0.25, 0.3) is 5.91 Å². The van der Waals surface area contributed by atoms with Gasteiger partial charge < -0.3 is 15.0 Å². The number of rotatable bonds is 5. The van der Waals surface area contributed by atoms with E-state index in [0.29, 0.717) is 19.7 Å². The molecule has 2 saturated heterocycles. The van der Waals surface area contributed by atoms with Crippen LogP contribution in [0.15, 0.2) is 35.7 Å². The predicted molar refractivity (Wildman–Crippen MR) is 108 cm³/mol. The number of carbonyl (C=O) groups is 2. The minimum absolute atomic E-state index is 0.00121. The molecule has 0 aliphatic carbocycles. The minimum Gasteiger partial charge on any atom is -0.368 e. The summed E-state index contributed by atoms with van der Waals surface area (Å²) in [6.45, 7) is 2.28. The van der Waals surface area contributed by atoms with Gasteiger partial charge in [-0.3, -0.25) is 9.59 Å². The van der Waals surface area contributed by atoms with E-state index in [4.69, 9.17) is 4.74 Å². The second-order valence-electron chi connectivity index (χ2n) is 7.34. The molecule has 1 aromatic carbocycles. The highest BCUT2D eigenvalue weighted by molar-refractivity contribution is 7.09. The predicted octanol–water partition coefficient (Wildman–Crippen LogP) is 2.84. The lowest BCUT2D eigenvalue weighted by Crippen LogP contribution is -2.48. The number of thiazole rings is 1. The molecule has 6 nitrogen and oxygen atoms in total. The largest absolute Gasteiger partial charge is 0.368 e. The van der Waals surface area contributed by atoms with E-state index in [1.807, 2.05) is 35.7 Å². The molecule has 0 saturated carbocycles. The molecule has 0 radical (unpaired) electrons. The van der Waals surface area contributed by atoms with Gasteiger partial charge in [0.1, 0.15) is 11.1 Å². The molecule has 1 aromatic heterocycles. The van der Waals surface area contributed by atoms with Crippen LogP contribution in [0.4, 0.5) is 0 Å². The molecule has 0 bridgehead atoms. The lowest BCUT2D eigenvalue weighted by Gasteiger charge is -2.33. The van der Waals surface area contributed by atoms with E-state index in [1.165, 1.54) is 0 Å². The van der Waals surface area contributed by atoms with Gasteiger partial charge in [-0.15, -0.1) is 11.3 Å². The smallest absolute Gasteiger partial charge is 0.251 e. The van der Waals surface area contributed by atoms with Gasteiger partial charge >= 0.3 is 0 Å². The molecule has 2 aliphatic rings. The third-order valence-electron chi connectivity index (χ3n) is 5.34. The molecule has 2 amide bonds. The van der Waals surface area contributed by atoms with Gasteiger partial charge in [0, 0.05) is 30.6 Å². The first-order valence-corrected chi connectivity index (χ1v) is 10.8. The molecule has 28 heavy (non-hydrogen) atoms. The average Bonchev–Trinajstić information content (AvgIpc) is 3.44. The maximum Gasteiger partial charge on any atom is 0.251 e. The van der Waals surface area contributed by atoms with Gasteiger partial charge in [-0.1, -0.05) is 30.3 Å². The van der Waals surface area contributed by atoms with E-state index >= 15 is 0 Å². The molecule has 1 N–H and O–H groups in total. The van der Waals surface area contributed by atoms with Crippen molar-refractivity contribution in [1.82, 2.24) is 15.2 Å². The summed E-state index contributed by atoms with van der Waals surface area (Å²) < 4.78 is 5.51. The Labute approximate surface area is 168 Å². The van der Waals surface area contributed by atoms with Gasteiger partial charge in [-0.05, 0) is 25.7 Å². The number of amides is 2. The molecule has 2 aromatic rings. The zero-order valence-electron chi connectivity index (χ0n) is 15.8. The fourth-order valence-corrected chi connectivity index (χ4v) is 4.55. The maximum atomic E-state index is 12.6. The highest BCUT2D eigenvalue weighted by atomic mass is 32.1. The summed E-state index contributed by atoms with van der Waals surface area (Å²) in [6, 6.07) is 10.0. The molecular formula is C21H25N3O3S. The van der Waals surface area contributed by atoms with E-state index < -0.39 is 0 Å². The van der Waals surface area contributed by atoms with Gasteiger partial charge in [-0.2, -0.15) is 0 Å². The first-order valence-electron chi connectivity index (χ1n) is 9.88. The van der Waals surface area contributed by atoms with Crippen LogP contribution in [0.25, 0.3) is 11.3 Å². The molecule has 3 heterocycles. The van der Waals surface area contributed by atoms with Crippen molar-refractivity contribution < 1.29 is 14.3 Å². The van der Waals surface area contributed by atoms with E-state index in [9.17, 15) is 9.59 Å². The Morgan fingerprint density at radius 3 is 2.86 bits per heavy atom. The Morgan fingerprint density at radius 1 is 1.21 bits per heavy atom. The van der Waals surface area contributed by atoms with Gasteiger partial charge in [0.05, 0.1) is 18.2 Å². The van der Waals surface area contributed by atoms with Crippen LogP contribution in [-0.2, 0) is 20.9 Å². The van der Waals surface area contributed by atoms with Crippen molar-refractivity contribution in [2.45, 2.75) is 38.3 Å². The highest BCUT2D eigenvalue weighted by Crippen LogP contribution is 2.23. The number of ether oxygens (including phenoxy) is 1. The van der Waals surface area contributed by atoms with Crippen molar-refractivity contribution in [2.75, 3.05) is 19.7 Å². The van der Waals surface area contributed by atoms with E-state index in [1.54, 1.807) is 16.2 Å². The number of aromatic nitrogens is 1. The number of benzene rings is 1. The van der Waals surface area contributed by atoms with Crippen molar-refractivity contribution in [2.24, 2.45) is 5.92 Å². The van der Waals surface area contributed by atoms with Gasteiger partial charge in [0.15, 0.2) is 0 Å². The first kappa shape index (κ1) is 19.1. The van der Waals surface area contributed by atoms with Crippen LogP contribution in [0.5, 0.6) is 0 Å². The molecule has 0 spiro atoms. The summed E-state index contributed by atoms with van der Waals surface area (Å²) in [5.41, 5.74) is 2.01. The van der Waals surface area contributed by atoms with Crippen molar-refractivity contribution in [1.29, 1.82) is 0 Å². The average molecular weight is 400 g/mol. The van der Waals surface area contributed by atoms with Crippen LogP contribution < -0.4 is 5.32 Å². The second kappa shape index (κ2) is 8.84. The molecule has 2 atom stereocenters. The quantitative estimate of drug-likeness (QED) is 0.839. The highest BCUT2D eigenvalue weighted by Gasteiger charge is 2.33. The SMILES string of the molecule is O=C(NCc1nc(-c2ccccc2)cs1)[C@H]1CCCN(C(=O)[C@@H]2CCCO2)C1. The van der Waals surface area contributed by atoms with Crippen LogP contribution >= 0.6 is 11.3 Å². The zero-order chi connectivity index (χ0) is 19.3. The van der Waals surface area contributed by atoms with Crippen LogP contribution in [0.1, 0.15) is 30.7 Å². The number of hydrogen-bond acceptors (Lipinski definition) is 5. The number of carbonyl (C=O) groups excluding carboxylic acids is 2. The van der Waals surface area contributed by atoms with E-state index in [2.05, 4.69) is 10.3 Å². The van der Waals surface area contributed by atoms with Gasteiger partial charge in [0.2, 0.25) is 5.91 Å². The summed E-state index contributed by atoms with van der Waals surface area (Å²) in [7, 11) is 0. The Bertz CT molecular complexity index is 817. The number of piperidine rings is 1. The van der Waals surface area contributed by atoms with E-state index in [0.717, 1.165) is 48.5 Å². The molecule has 148 valence electrons. The lowest BCUT2D eigenvalue weighted by molar-refractivity contribution is -0.144. The van der Waals surface area contributed by atoms with Crippen molar-refractivity contribution in [3.63, 3.8) is 0 Å². The molecular weight excluding hydrogens is 374 g/mol. The van der Waals surface area contributed by atoms with Crippen molar-refractivity contribution in [3.8, 4) is 11.3 Å². The van der Waals surface area contributed by atoms with Crippen LogP contribution in [0.2, 0.25) is 0 Å². The summed E-state index contributed by atoms with van der Waals surface area (Å²) in [4.78, 5) is 31.6. The first-order chi connectivity index (χ1) is 13.7. The molecule has 2 aliphatic heterocycles. The fourth-order valence-electron chi connectivity index (χ4n) is 3.81. The fraction of sp³-hybridized carbons (Fsp3) is 0.476. The maximum absolute atomic E-state index is 12.6. The standard InChI is InChI=1S/C21H25N3O3S/c25-20(16-8-4-10-24(13-16)21(26)18-9-5-11-27-18)22-12-19-23-17(14-28-19)15-6-2-1-3-7-15/h1-3,6-7,14,16,18H,4-5,8-13H2,(H,22,25)/t16-,18-/m0/s1. The van der Waals surface area contributed by atoms with Crippen LogP contribution in [-0.4, -0.2) is 47.5 Å². The Hall–Kier alpha value is -2.25. The summed E-state index contributed by atoms with van der Waals surface area (Å²) in [5.74, 6) is -0.114. The van der Waals surface area contributed by atoms with E-state index in [-0.39, 0.29) is 23.8 Å². The second-order valence-corrected chi connectivity index (χ2v) is 8.28. The topological polar surface area (TPSA) is 71.5 Å². The number of nitrogens with one attached hydrogen (secondary N) is 1. The third kappa shape index (κ3) is 4.42. The normalized spacial score (nSPS) is 22.2. The minimum atomic E-state index is -0.312. The molecule has 4 rings (SSSR count). The third-order valence-corrected chi connectivity index (χ3v) is 6.19. The molecule has 2 fully saturated rings. The summed E-state index contributed by atoms with van der Waals surface area (Å²) in [5, 5.41) is 5.90. The van der Waals surface area contributed by atoms with Crippen LogP contribution in [0, 0.1) is 5.92 Å². The zero-order valence-corrected chi connectivity index (χ0v) is 16.6. The Kier molecular flexibility index (Phi) is 6.02. The lowest BCUT2D eigenvalue weighted by atomic mass is 9.96. The summed E-state index contributed by atoms with van der Waals surface area (Å²) >= 11 is 1.55.